The van der Waals surface area contributed by atoms with E-state index in [1.807, 2.05) is 98.8 Å². The normalized spacial score (nSPS) is 12.1. The second-order valence-corrected chi connectivity index (χ2v) is 15.2. The first-order valence-electron chi connectivity index (χ1n) is 21.0. The Balaban J connectivity index is 1.38. The van der Waals surface area contributed by atoms with Crippen molar-refractivity contribution in [2.24, 2.45) is 9.98 Å². The molecular weight excluding hydrogens is 785 g/mol. The minimum Gasteiger partial charge on any atom is -0.255 e. The molecule has 0 N–H and O–H groups in total. The lowest BCUT2D eigenvalue weighted by Crippen LogP contribution is -2.05. The molecular formula is C56H46N8. The fourth-order valence-electron chi connectivity index (χ4n) is 7.04. The standard InChI is InChI=1S/C56H46N8/c1-7-26-57-47(8-2)40(6)61-53(48-15-9-12-27-58-48)30-39(5)51-36-52(45-34-54(49-16-10-13-28-59-49)62-55(35-45)50-17-11-14-29-60-50)64-56(63-51)46-32-43(41-22-18-37(3)19-23-41)31-44(33-46)42-24-20-38(4)21-25-42/h7-36H,2,6H2,1,3-5H3/b26-7-,39-30+,57-47?,61-53?. The number of pyridine rings is 4. The Hall–Kier alpha value is -8.36. The molecule has 8 nitrogen and oxygen atoms in total. The van der Waals surface area contributed by atoms with E-state index in [0.717, 1.165) is 50.3 Å². The van der Waals surface area contributed by atoms with Gasteiger partial charge in [-0.2, -0.15) is 0 Å². The van der Waals surface area contributed by atoms with E-state index in [2.05, 4.69) is 114 Å². The molecule has 0 atom stereocenters. The van der Waals surface area contributed by atoms with Crippen molar-refractivity contribution in [3.8, 4) is 67.7 Å². The smallest absolute Gasteiger partial charge is 0.160 e. The Morgan fingerprint density at radius 1 is 0.531 bits per heavy atom. The van der Waals surface area contributed by atoms with Gasteiger partial charge in [0.2, 0.25) is 0 Å². The number of benzene rings is 3. The van der Waals surface area contributed by atoms with Crippen molar-refractivity contribution < 1.29 is 0 Å². The summed E-state index contributed by atoms with van der Waals surface area (Å²) in [6, 6.07) is 47.1. The highest BCUT2D eigenvalue weighted by molar-refractivity contribution is 6.15. The number of aromatic nitrogens is 6. The van der Waals surface area contributed by atoms with Gasteiger partial charge in [-0.05, 0) is 140 Å². The lowest BCUT2D eigenvalue weighted by molar-refractivity contribution is 1.15. The molecule has 5 heterocycles. The lowest BCUT2D eigenvalue weighted by Gasteiger charge is -2.14. The van der Waals surface area contributed by atoms with Gasteiger partial charge < -0.3 is 0 Å². The summed E-state index contributed by atoms with van der Waals surface area (Å²) in [6.07, 6.45) is 12.4. The van der Waals surface area contributed by atoms with E-state index in [1.54, 1.807) is 30.9 Å². The first kappa shape index (κ1) is 42.3. The van der Waals surface area contributed by atoms with Crippen LogP contribution in [0.2, 0.25) is 0 Å². The van der Waals surface area contributed by atoms with Gasteiger partial charge in [-0.15, -0.1) is 0 Å². The molecule has 0 unspecified atom stereocenters. The third-order valence-electron chi connectivity index (χ3n) is 10.5. The third-order valence-corrected chi connectivity index (χ3v) is 10.5. The number of hydrogen-bond donors (Lipinski definition) is 0. The number of aryl methyl sites for hydroxylation is 2. The van der Waals surface area contributed by atoms with Crippen LogP contribution in [0.3, 0.4) is 0 Å². The quantitative estimate of drug-likeness (QED) is 0.107. The van der Waals surface area contributed by atoms with Gasteiger partial charge in [-0.3, -0.25) is 19.9 Å². The fourth-order valence-corrected chi connectivity index (χ4v) is 7.04. The number of rotatable bonds is 13. The SMILES string of the molecule is C=CC(=N/C=C\C)C(=C)N=C(/C=C(\C)c1cc(-c2cc(-c3ccccn3)nc(-c3ccccn3)c2)nc(-c2cc(-c3ccc(C)cc3)cc(-c3ccc(C)cc3)c2)n1)c1ccccn1. The maximum Gasteiger partial charge on any atom is 0.160 e. The van der Waals surface area contributed by atoms with Crippen molar-refractivity contribution in [3.63, 3.8) is 0 Å². The van der Waals surface area contributed by atoms with Gasteiger partial charge in [-0.25, -0.2) is 19.9 Å². The van der Waals surface area contributed by atoms with Gasteiger partial charge in [-0.1, -0.05) is 97.1 Å². The maximum atomic E-state index is 5.38. The summed E-state index contributed by atoms with van der Waals surface area (Å²) in [7, 11) is 0. The summed E-state index contributed by atoms with van der Waals surface area (Å²) >= 11 is 0. The van der Waals surface area contributed by atoms with E-state index >= 15 is 0 Å². The average Bonchev–Trinajstić information content (AvgIpc) is 3.34. The number of aliphatic imine (C=N–C) groups is 2. The molecule has 0 amide bonds. The zero-order valence-corrected chi connectivity index (χ0v) is 36.3. The van der Waals surface area contributed by atoms with Gasteiger partial charge in [0.1, 0.15) is 0 Å². The second-order valence-electron chi connectivity index (χ2n) is 15.2. The average molecular weight is 831 g/mol. The molecule has 8 heteroatoms. The molecule has 310 valence electrons. The molecule has 8 aromatic rings. The van der Waals surface area contributed by atoms with Crippen LogP contribution in [-0.4, -0.2) is 41.3 Å². The largest absolute Gasteiger partial charge is 0.255 e. The molecule has 0 saturated heterocycles. The van der Waals surface area contributed by atoms with E-state index in [-0.39, 0.29) is 0 Å². The van der Waals surface area contributed by atoms with Gasteiger partial charge >= 0.3 is 0 Å². The van der Waals surface area contributed by atoms with Crippen molar-refractivity contribution in [3.05, 3.63) is 224 Å². The van der Waals surface area contributed by atoms with Crippen LogP contribution in [0.15, 0.2) is 211 Å². The van der Waals surface area contributed by atoms with E-state index in [1.165, 1.54) is 11.1 Å². The Labute approximate surface area is 374 Å². The number of allylic oxidation sites excluding steroid dienone is 4. The van der Waals surface area contributed by atoms with Crippen LogP contribution >= 0.6 is 0 Å². The van der Waals surface area contributed by atoms with Crippen LogP contribution in [-0.2, 0) is 0 Å². The minimum absolute atomic E-state index is 0.444. The van der Waals surface area contributed by atoms with Crippen LogP contribution in [0.1, 0.15) is 36.4 Å². The topological polar surface area (TPSA) is 102 Å². The number of hydrogen-bond acceptors (Lipinski definition) is 8. The van der Waals surface area contributed by atoms with Crippen molar-refractivity contribution in [1.82, 2.24) is 29.9 Å². The zero-order valence-electron chi connectivity index (χ0n) is 36.3. The Bertz CT molecular complexity index is 2960. The van der Waals surface area contributed by atoms with Crippen molar-refractivity contribution in [1.29, 1.82) is 0 Å². The number of nitrogens with zero attached hydrogens (tertiary/aromatic N) is 8. The fraction of sp³-hybridized carbons (Fsp3) is 0.0714. The highest BCUT2D eigenvalue weighted by atomic mass is 14.9. The Morgan fingerprint density at radius 2 is 1.09 bits per heavy atom. The highest BCUT2D eigenvalue weighted by Gasteiger charge is 2.18. The second kappa shape index (κ2) is 19.6. The molecule has 0 bridgehead atoms. The van der Waals surface area contributed by atoms with Gasteiger partial charge in [0.05, 0.1) is 57.0 Å². The van der Waals surface area contributed by atoms with E-state index in [9.17, 15) is 0 Å². The van der Waals surface area contributed by atoms with E-state index in [0.29, 0.717) is 51.4 Å². The summed E-state index contributed by atoms with van der Waals surface area (Å²) in [6.45, 7) is 16.3. The van der Waals surface area contributed by atoms with Gasteiger partial charge in [0.15, 0.2) is 5.82 Å². The molecule has 8 rings (SSSR count). The minimum atomic E-state index is 0.444. The predicted octanol–water partition coefficient (Wildman–Crippen LogP) is 13.2. The third kappa shape index (κ3) is 10.0. The summed E-state index contributed by atoms with van der Waals surface area (Å²) in [4.78, 5) is 39.2. The molecule has 0 spiro atoms. The molecule has 0 aliphatic carbocycles. The predicted molar refractivity (Wildman–Crippen MR) is 264 cm³/mol. The highest BCUT2D eigenvalue weighted by Crippen LogP contribution is 2.35. The van der Waals surface area contributed by atoms with Gasteiger partial charge in [0, 0.05) is 35.9 Å². The van der Waals surface area contributed by atoms with Crippen LogP contribution < -0.4 is 0 Å². The maximum absolute atomic E-state index is 5.38. The van der Waals surface area contributed by atoms with Crippen LogP contribution in [0.4, 0.5) is 0 Å². The molecule has 5 aromatic heterocycles. The summed E-state index contributed by atoms with van der Waals surface area (Å²) in [5.74, 6) is 0.548. The monoisotopic (exact) mass is 830 g/mol. The molecule has 0 saturated carbocycles. The van der Waals surface area contributed by atoms with Crippen molar-refractivity contribution in [2.75, 3.05) is 0 Å². The van der Waals surface area contributed by atoms with Crippen molar-refractivity contribution >= 4 is 17.0 Å². The first-order valence-corrected chi connectivity index (χ1v) is 21.0. The molecule has 0 aliphatic rings. The zero-order chi connectivity index (χ0) is 44.4. The van der Waals surface area contributed by atoms with Crippen molar-refractivity contribution in [2.45, 2.75) is 27.7 Å². The van der Waals surface area contributed by atoms with Crippen LogP contribution in [0.5, 0.6) is 0 Å². The molecule has 0 aliphatic heterocycles. The first-order chi connectivity index (χ1) is 31.2. The lowest BCUT2D eigenvalue weighted by atomic mass is 9.95. The Morgan fingerprint density at radius 3 is 1.61 bits per heavy atom. The molecule has 0 fully saturated rings. The van der Waals surface area contributed by atoms with Crippen LogP contribution in [0, 0.1) is 13.8 Å². The molecule has 0 radical (unpaired) electrons. The molecule has 64 heavy (non-hydrogen) atoms. The Kier molecular flexibility index (Phi) is 12.9. The molecule has 3 aromatic carbocycles. The summed E-state index contributed by atoms with van der Waals surface area (Å²) in [5.41, 5.74) is 15.6. The summed E-state index contributed by atoms with van der Waals surface area (Å²) in [5, 5.41) is 0. The summed E-state index contributed by atoms with van der Waals surface area (Å²) < 4.78 is 0. The van der Waals surface area contributed by atoms with E-state index < -0.39 is 0 Å². The van der Waals surface area contributed by atoms with Crippen LogP contribution in [0.25, 0.3) is 73.2 Å². The van der Waals surface area contributed by atoms with E-state index in [4.69, 9.17) is 19.9 Å². The van der Waals surface area contributed by atoms with Gasteiger partial charge in [0.25, 0.3) is 0 Å².